The number of quaternary nitrogens is 1. The van der Waals surface area contributed by atoms with E-state index < -0.39 is 48.7 Å². The minimum Gasteiger partial charge on any atom is -0.550 e. The van der Waals surface area contributed by atoms with Gasteiger partial charge < -0.3 is 57.0 Å². The van der Waals surface area contributed by atoms with E-state index in [4.69, 9.17) is 27.0 Å². The highest BCUT2D eigenvalue weighted by atomic mass is 16.6. The molecule has 234 valence electrons. The number of nitrogens with two attached hydrogens (primary N) is 4. The topological polar surface area (TPSA) is 284 Å². The number of amides is 1. The summed E-state index contributed by atoms with van der Waals surface area (Å²) >= 11 is 0. The van der Waals surface area contributed by atoms with Crippen LogP contribution < -0.4 is 28.0 Å². The summed E-state index contributed by atoms with van der Waals surface area (Å²) < 4.78 is 10.2. The van der Waals surface area contributed by atoms with Gasteiger partial charge in [0, 0.05) is 31.8 Å². The van der Waals surface area contributed by atoms with Crippen molar-refractivity contribution in [2.24, 2.45) is 33.8 Å². The summed E-state index contributed by atoms with van der Waals surface area (Å²) in [5, 5.41) is 27.8. The summed E-state index contributed by atoms with van der Waals surface area (Å²) in [5.41, 5.74) is 20.0. The Morgan fingerprint density at radius 3 is 1.90 bits per heavy atom. The molecule has 0 bridgehead atoms. The first kappa shape index (κ1) is 41.1. The number of carbonyl (C=O) groups excluding carboxylic acids is 5. The normalized spacial score (nSPS) is 12.8. The summed E-state index contributed by atoms with van der Waals surface area (Å²) in [6.45, 7) is 5.63. The van der Waals surface area contributed by atoms with Crippen LogP contribution in [0.1, 0.15) is 52.9 Å². The van der Waals surface area contributed by atoms with Gasteiger partial charge in [0.15, 0.2) is 12.1 Å². The van der Waals surface area contributed by atoms with Gasteiger partial charge in [-0.25, -0.2) is 4.79 Å². The summed E-state index contributed by atoms with van der Waals surface area (Å²) in [4.78, 5) is 57.5. The number of carboxylic acids is 1. The third-order valence-corrected chi connectivity index (χ3v) is 4.25. The summed E-state index contributed by atoms with van der Waals surface area (Å²) in [5.74, 6) is -3.75. The summed E-state index contributed by atoms with van der Waals surface area (Å²) in [6, 6.07) is -1.29. The number of rotatable bonds is 15. The van der Waals surface area contributed by atoms with E-state index in [1.54, 1.807) is 6.92 Å². The smallest absolute Gasteiger partial charge is 0.333 e. The molecule has 0 rings (SSSR count). The molecule has 2 unspecified atom stereocenters. The maximum absolute atomic E-state index is 11.5. The number of carbonyl (C=O) groups is 5. The minimum atomic E-state index is -1.29. The Bertz CT molecular complexity index is 810. The van der Waals surface area contributed by atoms with E-state index in [0.717, 1.165) is 0 Å². The Balaban J connectivity index is -0.000000586. The average molecular weight is 581 g/mol. The Morgan fingerprint density at radius 2 is 1.52 bits per heavy atom. The van der Waals surface area contributed by atoms with Crippen molar-refractivity contribution in [2.45, 2.75) is 71.1 Å². The van der Waals surface area contributed by atoms with Crippen molar-refractivity contribution in [3.8, 4) is 0 Å². The van der Waals surface area contributed by atoms with Gasteiger partial charge in [-0.1, -0.05) is 20.8 Å². The van der Waals surface area contributed by atoms with E-state index in [1.807, 2.05) is 35.0 Å². The van der Waals surface area contributed by atoms with Crippen LogP contribution >= 0.6 is 0 Å². The SMILES string of the molecule is CC(C)CC(=O)OC(CC(=O)[O-])C[N+](C)(C)C.CCCC(=O)OC(=O)[C@@H](N)C(O)CCN=C(N)N.NC(=O)CO. The standard InChI is InChI=1S/C12H23NO4.C10H20N4O4.C2H5NO2/c1-9(2)6-12(16)17-10(7-11(14)15)8-13(3,4)5;1-2-3-7(16)18-9(17)8(11)6(15)4-5-14-10(12)13;3-2(5)1-4/h9-10H,6-8H2,1-5H3;6,8,15H,2-5,11H2,1H3,(H4,12,13,14);4H,1H2,(H2,3,5)/t;6?,8-;/m.0./s1. The van der Waals surface area contributed by atoms with E-state index in [-0.39, 0.29) is 43.7 Å². The molecule has 0 aliphatic carbocycles. The fourth-order valence-electron chi connectivity index (χ4n) is 2.61. The third kappa shape index (κ3) is 29.2. The van der Waals surface area contributed by atoms with Gasteiger partial charge in [-0.3, -0.25) is 19.4 Å². The number of ether oxygens (including phenoxy) is 2. The lowest BCUT2D eigenvalue weighted by molar-refractivity contribution is -0.873. The van der Waals surface area contributed by atoms with Crippen molar-refractivity contribution in [1.29, 1.82) is 0 Å². The van der Waals surface area contributed by atoms with Crippen LogP contribution in [0.5, 0.6) is 0 Å². The molecular weight excluding hydrogens is 532 g/mol. The first-order valence-corrected chi connectivity index (χ1v) is 12.6. The van der Waals surface area contributed by atoms with E-state index in [2.05, 4.69) is 15.5 Å². The lowest BCUT2D eigenvalue weighted by Crippen LogP contribution is -2.45. The molecule has 1 amide bonds. The largest absolute Gasteiger partial charge is 0.550 e. The fourth-order valence-corrected chi connectivity index (χ4v) is 2.61. The van der Waals surface area contributed by atoms with Crippen LogP contribution in [-0.4, -0.2) is 110 Å². The molecule has 0 saturated heterocycles. The fraction of sp³-hybridized carbons (Fsp3) is 0.750. The minimum absolute atomic E-state index is 0.0934. The molecule has 0 aromatic carbocycles. The van der Waals surface area contributed by atoms with Gasteiger partial charge >= 0.3 is 17.9 Å². The summed E-state index contributed by atoms with van der Waals surface area (Å²) in [7, 11) is 5.75. The average Bonchev–Trinajstić information content (AvgIpc) is 2.76. The van der Waals surface area contributed by atoms with E-state index in [9.17, 15) is 34.2 Å². The molecule has 16 nitrogen and oxygen atoms in total. The van der Waals surface area contributed by atoms with Gasteiger partial charge in [0.1, 0.15) is 19.2 Å². The number of esters is 3. The quantitative estimate of drug-likeness (QED) is 0.0360. The second-order valence-electron chi connectivity index (χ2n) is 10.1. The van der Waals surface area contributed by atoms with Crippen LogP contribution in [0.2, 0.25) is 0 Å². The number of carboxylic acid groups (broad SMARTS) is 1. The summed E-state index contributed by atoms with van der Waals surface area (Å²) in [6.07, 6.45) is -0.950. The van der Waals surface area contributed by atoms with Crippen LogP contribution in [0.15, 0.2) is 4.99 Å². The van der Waals surface area contributed by atoms with Crippen LogP contribution in [0, 0.1) is 5.92 Å². The molecule has 40 heavy (non-hydrogen) atoms. The van der Waals surface area contributed by atoms with Crippen LogP contribution in [0.3, 0.4) is 0 Å². The monoisotopic (exact) mass is 580 g/mol. The van der Waals surface area contributed by atoms with Crippen molar-refractivity contribution in [3.63, 3.8) is 0 Å². The van der Waals surface area contributed by atoms with Crippen molar-refractivity contribution in [1.82, 2.24) is 0 Å². The molecule has 0 fully saturated rings. The molecule has 0 aromatic heterocycles. The number of guanidine groups is 1. The number of aliphatic hydroxyl groups is 2. The van der Waals surface area contributed by atoms with Crippen molar-refractivity contribution in [2.75, 3.05) is 40.8 Å². The molecule has 16 heteroatoms. The van der Waals surface area contributed by atoms with Crippen LogP contribution in [0.25, 0.3) is 0 Å². The highest BCUT2D eigenvalue weighted by Crippen LogP contribution is 2.09. The zero-order valence-corrected chi connectivity index (χ0v) is 24.3. The van der Waals surface area contributed by atoms with Crippen molar-refractivity contribution >= 4 is 35.7 Å². The molecule has 3 atom stereocenters. The molecule has 10 N–H and O–H groups in total. The van der Waals surface area contributed by atoms with Gasteiger partial charge in [0.05, 0.1) is 27.2 Å². The molecule has 0 heterocycles. The van der Waals surface area contributed by atoms with E-state index in [1.165, 1.54) is 0 Å². The molecular formula is C24H48N6O10. The maximum atomic E-state index is 11.5. The van der Waals surface area contributed by atoms with Crippen molar-refractivity contribution in [3.05, 3.63) is 0 Å². The zero-order chi connectivity index (χ0) is 32.1. The van der Waals surface area contributed by atoms with Gasteiger partial charge in [-0.2, -0.15) is 0 Å². The maximum Gasteiger partial charge on any atom is 0.333 e. The van der Waals surface area contributed by atoms with Crippen LogP contribution in [-0.2, 0) is 33.4 Å². The Hall–Kier alpha value is -3.34. The molecule has 0 saturated carbocycles. The number of aliphatic carboxylic acids is 1. The zero-order valence-electron chi connectivity index (χ0n) is 24.3. The molecule has 0 aliphatic rings. The predicted octanol–water partition coefficient (Wildman–Crippen LogP) is -3.54. The Kier molecular flexibility index (Phi) is 23.1. The molecule has 0 aromatic rings. The number of aliphatic hydroxyl groups excluding tert-OH is 2. The van der Waals surface area contributed by atoms with Gasteiger partial charge in [0.2, 0.25) is 5.91 Å². The van der Waals surface area contributed by atoms with Crippen molar-refractivity contribution < 1.29 is 53.2 Å². The lowest BCUT2D eigenvalue weighted by Gasteiger charge is -2.29. The van der Waals surface area contributed by atoms with Gasteiger partial charge in [-0.15, -0.1) is 0 Å². The molecule has 0 radical (unpaired) electrons. The first-order valence-electron chi connectivity index (χ1n) is 12.6. The second kappa shape index (κ2) is 22.5. The number of aliphatic imine (C=N–C) groups is 1. The first-order chi connectivity index (χ1) is 18.2. The highest BCUT2D eigenvalue weighted by molar-refractivity contribution is 5.88. The van der Waals surface area contributed by atoms with Crippen LogP contribution in [0.4, 0.5) is 0 Å². The number of hydrogen-bond donors (Lipinski definition) is 6. The Morgan fingerprint density at radius 1 is 1.00 bits per heavy atom. The number of primary amides is 1. The van der Waals surface area contributed by atoms with Gasteiger partial charge in [-0.05, 0) is 18.8 Å². The highest BCUT2D eigenvalue weighted by Gasteiger charge is 2.26. The predicted molar refractivity (Wildman–Crippen MR) is 143 cm³/mol. The number of hydrogen-bond acceptors (Lipinski definition) is 12. The number of likely N-dealkylation sites (N-methyl/N-ethyl adjacent to an activating group) is 1. The molecule has 0 spiro atoms. The second-order valence-corrected chi connectivity index (χ2v) is 10.1. The lowest BCUT2D eigenvalue weighted by atomic mass is 10.1. The number of nitrogens with zero attached hydrogens (tertiary/aromatic N) is 2. The van der Waals surface area contributed by atoms with E-state index >= 15 is 0 Å². The van der Waals surface area contributed by atoms with Gasteiger partial charge in [0.25, 0.3) is 0 Å². The third-order valence-electron chi connectivity index (χ3n) is 4.25. The Labute approximate surface area is 235 Å². The molecule has 0 aliphatic heterocycles. The van der Waals surface area contributed by atoms with E-state index in [0.29, 0.717) is 23.9 Å².